The summed E-state index contributed by atoms with van der Waals surface area (Å²) >= 11 is 0. The summed E-state index contributed by atoms with van der Waals surface area (Å²) in [6.45, 7) is 1.77. The van der Waals surface area contributed by atoms with Gasteiger partial charge < -0.3 is 5.73 Å². The van der Waals surface area contributed by atoms with Gasteiger partial charge in [0.1, 0.15) is 0 Å². The lowest BCUT2D eigenvalue weighted by atomic mass is 9.94. The minimum absolute atomic E-state index is 0.171. The molecule has 2 atom stereocenters. The predicted octanol–water partition coefficient (Wildman–Crippen LogP) is -0.357. The number of urea groups is 1. The van der Waals surface area contributed by atoms with Gasteiger partial charge >= 0.3 is 6.03 Å². The molecule has 0 aromatic rings. The molecule has 0 aliphatic carbocycles. The summed E-state index contributed by atoms with van der Waals surface area (Å²) < 4.78 is 2.05. The lowest BCUT2D eigenvalue weighted by Crippen LogP contribution is -2.41. The van der Waals surface area contributed by atoms with Crippen LogP contribution in [0.2, 0.25) is 0 Å². The number of ketones is 1. The van der Waals surface area contributed by atoms with Crippen LogP contribution in [0.5, 0.6) is 0 Å². The molecule has 1 heterocycles. The first-order valence-electron chi connectivity index (χ1n) is 5.12. The van der Waals surface area contributed by atoms with Crippen LogP contribution in [0.4, 0.5) is 4.79 Å². The third-order valence-corrected chi connectivity index (χ3v) is 2.98. The number of imide groups is 1. The number of Topliss-reactive ketones (excluding diaryl/α,β-unsaturated/α-hetero) is 1. The van der Waals surface area contributed by atoms with Gasteiger partial charge in [0.15, 0.2) is 0 Å². The molecule has 90 valence electrons. The minimum Gasteiger partial charge on any atom is -0.351 e. The Kier molecular flexibility index (Phi) is 4.83. The van der Waals surface area contributed by atoms with Crippen LogP contribution in [0.25, 0.3) is 0 Å². The third-order valence-electron chi connectivity index (χ3n) is 2.51. The molecule has 1 saturated heterocycles. The average molecular weight is 245 g/mol. The summed E-state index contributed by atoms with van der Waals surface area (Å²) in [5, 5.41) is 1.77. The van der Waals surface area contributed by atoms with Crippen molar-refractivity contribution < 1.29 is 14.4 Å². The molecule has 0 spiro atoms. The normalized spacial score (nSPS) is 21.4. The molecule has 3 N–H and O–H groups in total. The summed E-state index contributed by atoms with van der Waals surface area (Å²) in [6, 6.07) is -0.991. The van der Waals surface area contributed by atoms with Crippen molar-refractivity contribution in [1.82, 2.24) is 9.99 Å². The van der Waals surface area contributed by atoms with Crippen molar-refractivity contribution in [2.24, 2.45) is 11.7 Å². The molecule has 0 aromatic carbocycles. The molecule has 0 radical (unpaired) electrons. The van der Waals surface area contributed by atoms with Crippen molar-refractivity contribution in [3.05, 3.63) is 0 Å². The number of nitrogens with two attached hydrogens (primary N) is 1. The number of hydrogen-bond acceptors (Lipinski definition) is 4. The molecule has 1 rings (SSSR count). The highest BCUT2D eigenvalue weighted by Crippen LogP contribution is 2.21. The summed E-state index contributed by atoms with van der Waals surface area (Å²) in [6.07, 6.45) is 2.11. The SMILES string of the molecule is NC(=O)NC(=O)C(=O)C[C@H]1CCCN(P)C1. The first kappa shape index (κ1) is 13.1. The van der Waals surface area contributed by atoms with Gasteiger partial charge in [0, 0.05) is 19.5 Å². The summed E-state index contributed by atoms with van der Waals surface area (Å²) in [5.41, 5.74) is 4.75. The first-order valence-corrected chi connectivity index (χ1v) is 5.64. The Labute approximate surface area is 96.2 Å². The quantitative estimate of drug-likeness (QED) is 0.524. The van der Waals surface area contributed by atoms with Gasteiger partial charge in [0.2, 0.25) is 5.78 Å². The van der Waals surface area contributed by atoms with Gasteiger partial charge in [0.25, 0.3) is 5.91 Å². The minimum atomic E-state index is -0.991. The smallest absolute Gasteiger partial charge is 0.319 e. The van der Waals surface area contributed by atoms with E-state index in [1.54, 1.807) is 5.32 Å². The van der Waals surface area contributed by atoms with E-state index in [9.17, 15) is 14.4 Å². The second-order valence-corrected chi connectivity index (χ2v) is 4.68. The molecule has 3 amide bonds. The molecule has 1 aliphatic rings. The Balaban J connectivity index is 2.38. The van der Waals surface area contributed by atoms with Gasteiger partial charge in [-0.05, 0) is 18.8 Å². The van der Waals surface area contributed by atoms with Crippen LogP contribution >= 0.6 is 9.39 Å². The van der Waals surface area contributed by atoms with E-state index < -0.39 is 17.7 Å². The Bertz CT molecular complexity index is 308. The third kappa shape index (κ3) is 4.24. The lowest BCUT2D eigenvalue weighted by Gasteiger charge is -2.28. The standard InChI is InChI=1S/C9H16N3O3P/c10-9(15)11-8(14)7(13)4-6-2-1-3-12(16)5-6/h6H,1-5,16H2,(H3,10,11,14,15)/t6-/m1/s1. The fourth-order valence-electron chi connectivity index (χ4n) is 1.80. The van der Waals surface area contributed by atoms with Crippen molar-refractivity contribution in [2.75, 3.05) is 13.1 Å². The highest BCUT2D eigenvalue weighted by atomic mass is 31.0. The molecular weight excluding hydrogens is 229 g/mol. The number of rotatable bonds is 3. The van der Waals surface area contributed by atoms with Crippen molar-refractivity contribution >= 4 is 27.1 Å². The maximum absolute atomic E-state index is 11.4. The predicted molar refractivity (Wildman–Crippen MR) is 61.4 cm³/mol. The summed E-state index contributed by atoms with van der Waals surface area (Å²) in [4.78, 5) is 32.9. The van der Waals surface area contributed by atoms with E-state index in [0.29, 0.717) is 0 Å². The van der Waals surface area contributed by atoms with Crippen LogP contribution in [0, 0.1) is 5.92 Å². The molecule has 1 aliphatic heterocycles. The van der Waals surface area contributed by atoms with Crippen molar-refractivity contribution in [2.45, 2.75) is 19.3 Å². The second kappa shape index (κ2) is 5.92. The molecule has 0 saturated carbocycles. The highest BCUT2D eigenvalue weighted by Gasteiger charge is 2.24. The summed E-state index contributed by atoms with van der Waals surface area (Å²) in [5.74, 6) is -1.31. The van der Waals surface area contributed by atoms with Gasteiger partial charge in [0.05, 0.1) is 0 Å². The Morgan fingerprint density at radius 3 is 2.69 bits per heavy atom. The van der Waals surface area contributed by atoms with Crippen LogP contribution in [-0.2, 0) is 9.59 Å². The van der Waals surface area contributed by atoms with Gasteiger partial charge in [-0.2, -0.15) is 0 Å². The van der Waals surface area contributed by atoms with E-state index >= 15 is 0 Å². The number of amides is 3. The summed E-state index contributed by atoms with van der Waals surface area (Å²) in [7, 11) is 2.59. The van der Waals surface area contributed by atoms with Crippen LogP contribution in [0.15, 0.2) is 0 Å². The van der Waals surface area contributed by atoms with Crippen molar-refractivity contribution in [1.29, 1.82) is 0 Å². The number of hydrogen-bond donors (Lipinski definition) is 2. The fraction of sp³-hybridized carbons (Fsp3) is 0.667. The van der Waals surface area contributed by atoms with Gasteiger partial charge in [-0.25, -0.2) is 4.79 Å². The van der Waals surface area contributed by atoms with E-state index in [2.05, 4.69) is 9.39 Å². The highest BCUT2D eigenvalue weighted by molar-refractivity contribution is 7.13. The number of carbonyl (C=O) groups excluding carboxylic acids is 3. The topological polar surface area (TPSA) is 92.5 Å². The van der Waals surface area contributed by atoms with Crippen molar-refractivity contribution in [3.8, 4) is 0 Å². The van der Waals surface area contributed by atoms with Crippen LogP contribution in [-0.4, -0.2) is 35.5 Å². The largest absolute Gasteiger partial charge is 0.351 e. The van der Waals surface area contributed by atoms with E-state index in [-0.39, 0.29) is 12.3 Å². The van der Waals surface area contributed by atoms with Crippen LogP contribution < -0.4 is 11.1 Å². The number of nitrogens with one attached hydrogen (secondary N) is 1. The molecule has 7 heteroatoms. The number of nitrogens with zero attached hydrogens (tertiary/aromatic N) is 1. The molecule has 6 nitrogen and oxygen atoms in total. The van der Waals surface area contributed by atoms with E-state index in [1.165, 1.54) is 0 Å². The maximum Gasteiger partial charge on any atom is 0.319 e. The van der Waals surface area contributed by atoms with E-state index in [1.807, 2.05) is 4.67 Å². The van der Waals surface area contributed by atoms with Gasteiger partial charge in [-0.3, -0.25) is 19.6 Å². The lowest BCUT2D eigenvalue weighted by molar-refractivity contribution is -0.137. The van der Waals surface area contributed by atoms with Crippen LogP contribution in [0.1, 0.15) is 19.3 Å². The number of piperidine rings is 1. The zero-order valence-corrected chi connectivity index (χ0v) is 10.1. The molecule has 16 heavy (non-hydrogen) atoms. The monoisotopic (exact) mass is 245 g/mol. The second-order valence-electron chi connectivity index (χ2n) is 3.95. The van der Waals surface area contributed by atoms with E-state index in [0.717, 1.165) is 25.9 Å². The van der Waals surface area contributed by atoms with Crippen molar-refractivity contribution in [3.63, 3.8) is 0 Å². The fourth-order valence-corrected chi connectivity index (χ4v) is 2.28. The molecular formula is C9H16N3O3P. The zero-order valence-electron chi connectivity index (χ0n) is 8.94. The first-order chi connectivity index (χ1) is 7.49. The van der Waals surface area contributed by atoms with Gasteiger partial charge in [-0.15, -0.1) is 0 Å². The Hall–Kier alpha value is -1.00. The van der Waals surface area contributed by atoms with Crippen LogP contribution in [0.3, 0.4) is 0 Å². The van der Waals surface area contributed by atoms with E-state index in [4.69, 9.17) is 5.73 Å². The Morgan fingerprint density at radius 1 is 1.44 bits per heavy atom. The number of primary amides is 1. The Morgan fingerprint density at radius 2 is 2.12 bits per heavy atom. The molecule has 1 fully saturated rings. The zero-order chi connectivity index (χ0) is 12.1. The molecule has 0 bridgehead atoms. The molecule has 1 unspecified atom stereocenters. The number of carbonyl (C=O) groups is 3. The van der Waals surface area contributed by atoms with Gasteiger partial charge in [-0.1, -0.05) is 9.39 Å². The average Bonchev–Trinajstić information content (AvgIpc) is 2.16. The maximum atomic E-state index is 11.4. The molecule has 0 aromatic heterocycles.